The third-order valence-corrected chi connectivity index (χ3v) is 4.88. The minimum Gasteiger partial charge on any atom is -0.424 e. The lowest BCUT2D eigenvalue weighted by Crippen LogP contribution is -2.50. The van der Waals surface area contributed by atoms with Gasteiger partial charge >= 0.3 is 0 Å². The van der Waals surface area contributed by atoms with E-state index < -0.39 is 0 Å². The summed E-state index contributed by atoms with van der Waals surface area (Å²) in [7, 11) is 0. The monoisotopic (exact) mass is 298 g/mol. The summed E-state index contributed by atoms with van der Waals surface area (Å²) in [5, 5.41) is 7.99. The van der Waals surface area contributed by atoms with Crippen molar-refractivity contribution in [3.63, 3.8) is 0 Å². The van der Waals surface area contributed by atoms with Gasteiger partial charge in [0.2, 0.25) is 11.8 Å². The summed E-state index contributed by atoms with van der Waals surface area (Å²) in [4.78, 5) is 5.06. The van der Waals surface area contributed by atoms with Crippen LogP contribution < -0.4 is 0 Å². The summed E-state index contributed by atoms with van der Waals surface area (Å²) < 4.78 is 5.48. The first-order valence-electron chi connectivity index (χ1n) is 8.10. The predicted octanol–water partition coefficient (Wildman–Crippen LogP) is 1.66. The van der Waals surface area contributed by atoms with Gasteiger partial charge in [-0.3, -0.25) is 9.80 Å². The molecule has 0 amide bonds. The zero-order chi connectivity index (χ0) is 14.9. The van der Waals surface area contributed by atoms with E-state index >= 15 is 0 Å². The molecule has 2 heterocycles. The third kappa shape index (κ3) is 2.78. The van der Waals surface area contributed by atoms with Crippen LogP contribution >= 0.6 is 0 Å². The minimum atomic E-state index is 0.650. The van der Waals surface area contributed by atoms with Gasteiger partial charge in [-0.2, -0.15) is 0 Å². The fraction of sp³-hybridized carbons (Fsp3) is 0.529. The normalized spacial score (nSPS) is 20.4. The standard InChI is InChI=1S/C17H22N4O/c1-13-18-19-17(22-13)12-20-6-8-21(9-7-20)16-10-14-4-2-3-5-15(14)11-16/h2-5,16H,6-12H2,1H3. The van der Waals surface area contributed by atoms with Crippen LogP contribution in [0.5, 0.6) is 0 Å². The van der Waals surface area contributed by atoms with Gasteiger partial charge in [0, 0.05) is 39.1 Å². The van der Waals surface area contributed by atoms with Crippen LogP contribution in [-0.2, 0) is 19.4 Å². The molecule has 1 aliphatic carbocycles. The van der Waals surface area contributed by atoms with E-state index in [2.05, 4.69) is 44.3 Å². The average Bonchev–Trinajstić information content (AvgIpc) is 3.14. The van der Waals surface area contributed by atoms with Crippen molar-refractivity contribution >= 4 is 0 Å². The lowest BCUT2D eigenvalue weighted by Gasteiger charge is -2.37. The quantitative estimate of drug-likeness (QED) is 0.862. The zero-order valence-electron chi connectivity index (χ0n) is 13.0. The molecule has 0 N–H and O–H groups in total. The molecule has 0 spiro atoms. The highest BCUT2D eigenvalue weighted by Crippen LogP contribution is 2.26. The van der Waals surface area contributed by atoms with Crippen LogP contribution in [0.15, 0.2) is 28.7 Å². The second-order valence-electron chi connectivity index (χ2n) is 6.36. The smallest absolute Gasteiger partial charge is 0.230 e. The Labute approximate surface area is 130 Å². The Morgan fingerprint density at radius 1 is 1.05 bits per heavy atom. The van der Waals surface area contributed by atoms with Crippen molar-refractivity contribution in [1.82, 2.24) is 20.0 Å². The van der Waals surface area contributed by atoms with Gasteiger partial charge in [-0.25, -0.2) is 0 Å². The number of hydrogen-bond donors (Lipinski definition) is 0. The second kappa shape index (κ2) is 5.82. The van der Waals surface area contributed by atoms with Crippen LogP contribution in [0.1, 0.15) is 22.9 Å². The lowest BCUT2D eigenvalue weighted by atomic mass is 10.1. The van der Waals surface area contributed by atoms with Crippen molar-refractivity contribution in [2.75, 3.05) is 26.2 Å². The maximum absolute atomic E-state index is 5.48. The van der Waals surface area contributed by atoms with Crippen LogP contribution in [0.4, 0.5) is 0 Å². The Bertz CT molecular complexity index is 621. The zero-order valence-corrected chi connectivity index (χ0v) is 13.0. The van der Waals surface area contributed by atoms with Gasteiger partial charge in [-0.05, 0) is 24.0 Å². The molecule has 1 fully saturated rings. The Kier molecular flexibility index (Phi) is 3.68. The molecular weight excluding hydrogens is 276 g/mol. The Morgan fingerprint density at radius 3 is 2.32 bits per heavy atom. The number of rotatable bonds is 3. The SMILES string of the molecule is Cc1nnc(CN2CCN(C3Cc4ccccc4C3)CC2)o1. The Hall–Kier alpha value is -1.72. The van der Waals surface area contributed by atoms with Crippen molar-refractivity contribution in [3.05, 3.63) is 47.2 Å². The van der Waals surface area contributed by atoms with Gasteiger partial charge in [-0.15, -0.1) is 10.2 Å². The van der Waals surface area contributed by atoms with Crippen LogP contribution in [0, 0.1) is 6.92 Å². The van der Waals surface area contributed by atoms with E-state index in [0.29, 0.717) is 11.9 Å². The first-order chi connectivity index (χ1) is 10.8. The van der Waals surface area contributed by atoms with E-state index in [-0.39, 0.29) is 0 Å². The molecule has 0 bridgehead atoms. The summed E-state index contributed by atoms with van der Waals surface area (Å²) in [6.45, 7) is 7.03. The molecule has 1 aromatic carbocycles. The Morgan fingerprint density at radius 2 is 1.73 bits per heavy atom. The summed E-state index contributed by atoms with van der Waals surface area (Å²) >= 11 is 0. The molecule has 1 saturated heterocycles. The van der Waals surface area contributed by atoms with Gasteiger partial charge < -0.3 is 4.42 Å². The topological polar surface area (TPSA) is 45.4 Å². The predicted molar refractivity (Wildman–Crippen MR) is 83.5 cm³/mol. The van der Waals surface area contributed by atoms with E-state index in [4.69, 9.17) is 4.42 Å². The molecule has 0 unspecified atom stereocenters. The minimum absolute atomic E-state index is 0.650. The summed E-state index contributed by atoms with van der Waals surface area (Å²) in [6, 6.07) is 9.56. The number of benzene rings is 1. The summed E-state index contributed by atoms with van der Waals surface area (Å²) in [5.41, 5.74) is 3.08. The van der Waals surface area contributed by atoms with Crippen molar-refractivity contribution in [2.45, 2.75) is 32.4 Å². The highest BCUT2D eigenvalue weighted by molar-refractivity contribution is 5.33. The van der Waals surface area contributed by atoms with Crippen LogP contribution in [-0.4, -0.2) is 52.2 Å². The summed E-state index contributed by atoms with van der Waals surface area (Å²) in [6.07, 6.45) is 2.41. The van der Waals surface area contributed by atoms with Crippen LogP contribution in [0.3, 0.4) is 0 Å². The largest absolute Gasteiger partial charge is 0.424 e. The van der Waals surface area contributed by atoms with E-state index in [1.807, 2.05) is 6.92 Å². The third-order valence-electron chi connectivity index (χ3n) is 4.88. The van der Waals surface area contributed by atoms with Crippen molar-refractivity contribution in [1.29, 1.82) is 0 Å². The molecule has 4 rings (SSSR count). The molecule has 2 aromatic rings. The van der Waals surface area contributed by atoms with Gasteiger partial charge in [0.25, 0.3) is 0 Å². The van der Waals surface area contributed by atoms with Gasteiger partial charge in [0.1, 0.15) is 0 Å². The van der Waals surface area contributed by atoms with Crippen molar-refractivity contribution in [3.8, 4) is 0 Å². The van der Waals surface area contributed by atoms with Crippen LogP contribution in [0.25, 0.3) is 0 Å². The van der Waals surface area contributed by atoms with E-state index in [9.17, 15) is 0 Å². The number of aryl methyl sites for hydroxylation is 1. The average molecular weight is 298 g/mol. The van der Waals surface area contributed by atoms with Gasteiger partial charge in [0.15, 0.2) is 0 Å². The number of hydrogen-bond acceptors (Lipinski definition) is 5. The second-order valence-corrected chi connectivity index (χ2v) is 6.36. The van der Waals surface area contributed by atoms with Crippen molar-refractivity contribution in [2.24, 2.45) is 0 Å². The Balaban J connectivity index is 1.31. The number of fused-ring (bicyclic) bond motifs is 1. The molecule has 0 atom stereocenters. The maximum atomic E-state index is 5.48. The number of nitrogens with zero attached hydrogens (tertiary/aromatic N) is 4. The fourth-order valence-electron chi connectivity index (χ4n) is 3.67. The lowest BCUT2D eigenvalue weighted by molar-refractivity contribution is 0.0892. The van der Waals surface area contributed by atoms with Gasteiger partial charge in [0.05, 0.1) is 6.54 Å². The first-order valence-corrected chi connectivity index (χ1v) is 8.10. The fourth-order valence-corrected chi connectivity index (χ4v) is 3.67. The first kappa shape index (κ1) is 13.9. The highest BCUT2D eigenvalue weighted by atomic mass is 16.4. The number of piperazine rings is 1. The van der Waals surface area contributed by atoms with Gasteiger partial charge in [-0.1, -0.05) is 24.3 Å². The molecule has 0 radical (unpaired) electrons. The molecule has 5 nitrogen and oxygen atoms in total. The number of aromatic nitrogens is 2. The molecule has 1 aromatic heterocycles. The molecule has 116 valence electrons. The molecular formula is C17H22N4O. The highest BCUT2D eigenvalue weighted by Gasteiger charge is 2.29. The summed E-state index contributed by atoms with van der Waals surface area (Å²) in [5.74, 6) is 1.39. The molecule has 5 heteroatoms. The molecule has 2 aliphatic rings. The maximum Gasteiger partial charge on any atom is 0.230 e. The molecule has 1 aliphatic heterocycles. The van der Waals surface area contributed by atoms with Crippen molar-refractivity contribution < 1.29 is 4.42 Å². The van der Waals surface area contributed by atoms with E-state index in [1.54, 1.807) is 0 Å². The molecule has 0 saturated carbocycles. The van der Waals surface area contributed by atoms with E-state index in [1.165, 1.54) is 24.0 Å². The van der Waals surface area contributed by atoms with Crippen LogP contribution in [0.2, 0.25) is 0 Å². The molecule has 22 heavy (non-hydrogen) atoms. The van der Waals surface area contributed by atoms with E-state index in [0.717, 1.165) is 38.6 Å².